The van der Waals surface area contributed by atoms with Gasteiger partial charge in [-0.2, -0.15) is 0 Å². The number of nitrogens with zero attached hydrogens (tertiary/aromatic N) is 2. The van der Waals surface area contributed by atoms with Crippen LogP contribution in [0.3, 0.4) is 0 Å². The van der Waals surface area contributed by atoms with Gasteiger partial charge in [0.1, 0.15) is 11.6 Å². The molecule has 1 heterocycles. The number of hydrogen-bond donors (Lipinski definition) is 1. The number of alkyl halides is 1. The Hall–Kier alpha value is -3.31. The monoisotopic (exact) mass is 487 g/mol. The molecular weight excluding hydrogens is 458 g/mol. The van der Waals surface area contributed by atoms with E-state index in [0.717, 1.165) is 53.6 Å². The van der Waals surface area contributed by atoms with Gasteiger partial charge in [-0.1, -0.05) is 79.0 Å². The highest BCUT2D eigenvalue weighted by molar-refractivity contribution is 6.33. The normalized spacial score (nSPS) is 15.7. The average Bonchev–Trinajstić information content (AvgIpc) is 3.56. The molecule has 6 heteroatoms. The molecule has 1 aromatic heterocycles. The smallest absolute Gasteiger partial charge is 0.262 e. The van der Waals surface area contributed by atoms with Crippen LogP contribution in [0.2, 0.25) is 0 Å². The summed E-state index contributed by atoms with van der Waals surface area (Å²) in [6, 6.07) is 25.9. The molecule has 1 amide bonds. The molecule has 1 saturated carbocycles. The lowest BCUT2D eigenvalue weighted by Gasteiger charge is -2.31. The van der Waals surface area contributed by atoms with Crippen molar-refractivity contribution in [1.29, 1.82) is 0 Å². The molecule has 0 bridgehead atoms. The van der Waals surface area contributed by atoms with Crippen LogP contribution in [-0.4, -0.2) is 28.6 Å². The van der Waals surface area contributed by atoms with Crippen molar-refractivity contribution in [2.24, 2.45) is 0 Å². The van der Waals surface area contributed by atoms with Gasteiger partial charge in [-0.15, -0.1) is 0 Å². The zero-order chi connectivity index (χ0) is 24.3. The van der Waals surface area contributed by atoms with Crippen LogP contribution in [0.4, 0.5) is 0 Å². The van der Waals surface area contributed by atoms with Crippen LogP contribution >= 0.6 is 11.6 Å². The zero-order valence-electron chi connectivity index (χ0n) is 19.9. The number of ether oxygens (including phenoxy) is 1. The number of aromatic nitrogens is 2. The Bertz CT molecular complexity index is 1310. The third-order valence-corrected chi connectivity index (χ3v) is 7.40. The fraction of sp³-hybridized carbons (Fsp3) is 0.310. The molecule has 1 atom stereocenters. The first-order valence-corrected chi connectivity index (χ1v) is 12.6. The van der Waals surface area contributed by atoms with E-state index in [1.807, 2.05) is 71.3 Å². The van der Waals surface area contributed by atoms with Gasteiger partial charge < -0.3 is 10.1 Å². The first-order chi connectivity index (χ1) is 17.1. The molecule has 1 unspecified atom stereocenters. The number of rotatable bonds is 8. The predicted octanol–water partition coefficient (Wildman–Crippen LogP) is 6.30. The Morgan fingerprint density at radius 2 is 1.80 bits per heavy atom. The molecule has 0 saturated heterocycles. The minimum atomic E-state index is -1.35. The summed E-state index contributed by atoms with van der Waals surface area (Å²) >= 11 is 7.47. The van der Waals surface area contributed by atoms with E-state index in [1.165, 1.54) is 0 Å². The van der Waals surface area contributed by atoms with Crippen molar-refractivity contribution in [3.63, 3.8) is 0 Å². The zero-order valence-corrected chi connectivity index (χ0v) is 20.7. The van der Waals surface area contributed by atoms with Crippen molar-refractivity contribution in [3.8, 4) is 17.1 Å². The van der Waals surface area contributed by atoms with Crippen LogP contribution in [0.1, 0.15) is 37.7 Å². The molecule has 0 radical (unpaired) electrons. The minimum Gasteiger partial charge on any atom is -0.497 e. The number of methoxy groups -OCH3 is 1. The number of halogens is 1. The SMILES string of the molecule is COc1cccc(-c2nc3ccccc3n2C(Cl)(CCc2ccccc2)C(=O)NC2CCCC2)c1. The summed E-state index contributed by atoms with van der Waals surface area (Å²) in [4.78, 5) is 17.6. The lowest BCUT2D eigenvalue weighted by molar-refractivity contribution is -0.127. The van der Waals surface area contributed by atoms with Crippen molar-refractivity contribution in [1.82, 2.24) is 14.9 Å². The topological polar surface area (TPSA) is 56.2 Å². The number of nitrogens with one attached hydrogen (secondary N) is 1. The largest absolute Gasteiger partial charge is 0.497 e. The van der Waals surface area contributed by atoms with Crippen LogP contribution in [0.5, 0.6) is 5.75 Å². The van der Waals surface area contributed by atoms with E-state index in [2.05, 4.69) is 17.4 Å². The molecule has 180 valence electrons. The van der Waals surface area contributed by atoms with Gasteiger partial charge >= 0.3 is 0 Å². The van der Waals surface area contributed by atoms with Crippen molar-refractivity contribution >= 4 is 28.5 Å². The summed E-state index contributed by atoms with van der Waals surface area (Å²) in [5.41, 5.74) is 3.61. The molecule has 35 heavy (non-hydrogen) atoms. The van der Waals surface area contributed by atoms with Crippen LogP contribution < -0.4 is 10.1 Å². The fourth-order valence-electron chi connectivity index (χ4n) is 4.99. The van der Waals surface area contributed by atoms with E-state index in [1.54, 1.807) is 7.11 Å². The van der Waals surface area contributed by atoms with Crippen LogP contribution in [-0.2, 0) is 16.2 Å². The highest BCUT2D eigenvalue weighted by Crippen LogP contribution is 2.39. The second-order valence-electron chi connectivity index (χ2n) is 9.19. The summed E-state index contributed by atoms with van der Waals surface area (Å²) in [7, 11) is 1.64. The van der Waals surface area contributed by atoms with Gasteiger partial charge in [-0.05, 0) is 55.5 Å². The van der Waals surface area contributed by atoms with Gasteiger partial charge in [0, 0.05) is 11.6 Å². The molecule has 5 nitrogen and oxygen atoms in total. The molecule has 1 aliphatic carbocycles. The van der Waals surface area contributed by atoms with Crippen molar-refractivity contribution in [2.75, 3.05) is 7.11 Å². The Morgan fingerprint density at radius 1 is 1.06 bits per heavy atom. The number of aryl methyl sites for hydroxylation is 1. The van der Waals surface area contributed by atoms with E-state index in [9.17, 15) is 4.79 Å². The predicted molar refractivity (Wildman–Crippen MR) is 141 cm³/mol. The number of fused-ring (bicyclic) bond motifs is 1. The number of benzene rings is 3. The van der Waals surface area contributed by atoms with Gasteiger partial charge in [0.05, 0.1) is 18.1 Å². The molecule has 3 aromatic carbocycles. The van der Waals surface area contributed by atoms with E-state index in [4.69, 9.17) is 21.3 Å². The molecule has 1 aliphatic rings. The quantitative estimate of drug-likeness (QED) is 0.297. The third kappa shape index (κ3) is 4.78. The Balaban J connectivity index is 1.64. The highest BCUT2D eigenvalue weighted by atomic mass is 35.5. The second-order valence-corrected chi connectivity index (χ2v) is 9.82. The summed E-state index contributed by atoms with van der Waals surface area (Å²) in [5, 5.41) is 3.27. The van der Waals surface area contributed by atoms with Crippen molar-refractivity contribution in [3.05, 3.63) is 84.4 Å². The first-order valence-electron chi connectivity index (χ1n) is 12.2. The van der Waals surface area contributed by atoms with E-state index in [0.29, 0.717) is 18.7 Å². The Morgan fingerprint density at radius 3 is 2.57 bits per heavy atom. The van der Waals surface area contributed by atoms with Crippen molar-refractivity contribution in [2.45, 2.75) is 49.6 Å². The molecule has 0 spiro atoms. The van der Waals surface area contributed by atoms with Gasteiger partial charge in [0.2, 0.25) is 0 Å². The van der Waals surface area contributed by atoms with Crippen molar-refractivity contribution < 1.29 is 9.53 Å². The third-order valence-electron chi connectivity index (χ3n) is 6.87. The maximum atomic E-state index is 14.0. The molecule has 4 aromatic rings. The Kier molecular flexibility index (Phi) is 6.78. The molecular formula is C29H30ClN3O2. The lowest BCUT2D eigenvalue weighted by atomic mass is 10.0. The van der Waals surface area contributed by atoms with Crippen LogP contribution in [0.25, 0.3) is 22.4 Å². The summed E-state index contributed by atoms with van der Waals surface area (Å²) in [5.74, 6) is 1.20. The summed E-state index contributed by atoms with van der Waals surface area (Å²) < 4.78 is 7.39. The number of amides is 1. The van der Waals surface area contributed by atoms with Crippen LogP contribution in [0.15, 0.2) is 78.9 Å². The maximum Gasteiger partial charge on any atom is 0.262 e. The fourth-order valence-corrected chi connectivity index (χ4v) is 5.31. The summed E-state index contributed by atoms with van der Waals surface area (Å²) in [6.45, 7) is 0. The molecule has 1 N–H and O–H groups in total. The number of imidazole rings is 1. The number of carbonyl (C=O) groups is 1. The molecule has 0 aliphatic heterocycles. The maximum absolute atomic E-state index is 14.0. The van der Waals surface area contributed by atoms with Gasteiger partial charge in [0.25, 0.3) is 5.91 Å². The lowest BCUT2D eigenvalue weighted by Crippen LogP contribution is -2.48. The first kappa shape index (κ1) is 23.4. The number of hydrogen-bond acceptors (Lipinski definition) is 3. The molecule has 1 fully saturated rings. The highest BCUT2D eigenvalue weighted by Gasteiger charge is 2.42. The molecule has 5 rings (SSSR count). The van der Waals surface area contributed by atoms with Crippen LogP contribution in [0, 0.1) is 0 Å². The van der Waals surface area contributed by atoms with Gasteiger partial charge in [-0.3, -0.25) is 9.36 Å². The van der Waals surface area contributed by atoms with Gasteiger partial charge in [-0.25, -0.2) is 4.98 Å². The number of carbonyl (C=O) groups excluding carboxylic acids is 1. The minimum absolute atomic E-state index is 0.160. The Labute approximate surface area is 211 Å². The van der Waals surface area contributed by atoms with E-state index in [-0.39, 0.29) is 11.9 Å². The van der Waals surface area contributed by atoms with E-state index >= 15 is 0 Å². The van der Waals surface area contributed by atoms with Gasteiger partial charge in [0.15, 0.2) is 5.00 Å². The number of para-hydroxylation sites is 2. The standard InChI is InChI=1S/C29H30ClN3O2/c1-35-24-15-9-12-22(20-24)27-32-25-16-7-8-17-26(25)33(27)29(30,19-18-21-10-3-2-4-11-21)28(34)31-23-13-5-6-14-23/h2-4,7-12,15-17,20,23H,5-6,13-14,18-19H2,1H3,(H,31,34). The summed E-state index contributed by atoms with van der Waals surface area (Å²) in [6.07, 6.45) is 5.33. The van der Waals surface area contributed by atoms with E-state index < -0.39 is 5.00 Å². The second kappa shape index (κ2) is 10.1. The average molecular weight is 488 g/mol.